The minimum atomic E-state index is -0.435. The lowest BCUT2D eigenvalue weighted by molar-refractivity contribution is -0.136. The number of hydrogen-bond acceptors (Lipinski definition) is 6. The van der Waals surface area contributed by atoms with Crippen LogP contribution in [0.15, 0.2) is 42.5 Å². The number of amides is 3. The number of rotatable bonds is 5. The summed E-state index contributed by atoms with van der Waals surface area (Å²) in [5.41, 5.74) is 1.03. The first kappa shape index (κ1) is 29.1. The number of carbonyl (C=O) groups excluding carboxylic acids is 3. The Bertz CT molecular complexity index is 1140. The van der Waals surface area contributed by atoms with E-state index in [1.807, 2.05) is 32.8 Å². The number of nitrogens with zero attached hydrogens (tertiary/aromatic N) is 3. The van der Waals surface area contributed by atoms with Gasteiger partial charge >= 0.3 is 0 Å². The predicted molar refractivity (Wildman–Crippen MR) is 143 cm³/mol. The second-order valence-corrected chi connectivity index (χ2v) is 10.1. The van der Waals surface area contributed by atoms with Gasteiger partial charge in [-0.25, -0.2) is 4.39 Å². The largest absolute Gasteiger partial charge is 0.491 e. The molecule has 206 valence electrons. The van der Waals surface area contributed by atoms with Crippen LogP contribution in [0.1, 0.15) is 34.6 Å². The Hall–Kier alpha value is -3.50. The molecule has 0 spiro atoms. The molecule has 1 aliphatic heterocycles. The van der Waals surface area contributed by atoms with E-state index in [4.69, 9.17) is 9.47 Å². The van der Waals surface area contributed by atoms with Crippen molar-refractivity contribution < 1.29 is 28.2 Å². The van der Waals surface area contributed by atoms with Crippen LogP contribution in [0.2, 0.25) is 0 Å². The number of halogens is 1. The number of hydrogen-bond donors (Lipinski definition) is 1. The summed E-state index contributed by atoms with van der Waals surface area (Å²) in [5.74, 6) is -0.892. The molecule has 0 unspecified atom stereocenters. The lowest BCUT2D eigenvalue weighted by Crippen LogP contribution is -2.50. The van der Waals surface area contributed by atoms with Crippen LogP contribution in [0.4, 0.5) is 10.1 Å². The average molecular weight is 529 g/mol. The molecule has 10 heteroatoms. The van der Waals surface area contributed by atoms with Crippen molar-refractivity contribution in [2.45, 2.75) is 26.0 Å². The maximum absolute atomic E-state index is 13.4. The molecule has 0 fully saturated rings. The minimum Gasteiger partial charge on any atom is -0.491 e. The molecule has 1 aliphatic rings. The quantitative estimate of drug-likeness (QED) is 0.642. The molecule has 38 heavy (non-hydrogen) atoms. The third-order valence-corrected chi connectivity index (χ3v) is 6.58. The van der Waals surface area contributed by atoms with Crippen LogP contribution in [0.25, 0.3) is 0 Å². The van der Waals surface area contributed by atoms with Gasteiger partial charge in [0.2, 0.25) is 5.91 Å². The first-order valence-electron chi connectivity index (χ1n) is 12.6. The van der Waals surface area contributed by atoms with Crippen molar-refractivity contribution in [1.29, 1.82) is 0 Å². The van der Waals surface area contributed by atoms with E-state index in [1.165, 1.54) is 24.3 Å². The highest BCUT2D eigenvalue weighted by Gasteiger charge is 2.30. The molecule has 2 aromatic rings. The second-order valence-electron chi connectivity index (χ2n) is 10.1. The molecule has 1 N–H and O–H groups in total. The molecular weight excluding hydrogens is 491 g/mol. The molecule has 0 aliphatic carbocycles. The highest BCUT2D eigenvalue weighted by Crippen LogP contribution is 2.27. The fourth-order valence-electron chi connectivity index (χ4n) is 4.36. The predicted octanol–water partition coefficient (Wildman–Crippen LogP) is 2.97. The average Bonchev–Trinajstić information content (AvgIpc) is 2.87. The van der Waals surface area contributed by atoms with Crippen molar-refractivity contribution in [3.05, 3.63) is 59.4 Å². The van der Waals surface area contributed by atoms with Gasteiger partial charge in [-0.3, -0.25) is 14.4 Å². The maximum Gasteiger partial charge on any atom is 0.257 e. The summed E-state index contributed by atoms with van der Waals surface area (Å²) >= 11 is 0. The fraction of sp³-hybridized carbons (Fsp3) is 0.464. The number of fused-ring (bicyclic) bond motifs is 1. The fourth-order valence-corrected chi connectivity index (χ4v) is 4.36. The van der Waals surface area contributed by atoms with Gasteiger partial charge in [0.1, 0.15) is 18.2 Å². The van der Waals surface area contributed by atoms with Crippen molar-refractivity contribution in [3.63, 3.8) is 0 Å². The lowest BCUT2D eigenvalue weighted by atomic mass is 10.0. The standard InChI is InChI=1S/C28H37FN4O5/c1-18-14-33(26(34)16-31(3)4)19(2)17-38-24-13-22(30-27(35)20-7-9-21(29)10-8-20)11-12-23(24)28(36)32(5)15-25(18)37-6/h7-13,18-19,25H,14-17H2,1-6H3,(H,30,35)/t18-,19-,25-/m0/s1. The molecule has 3 amide bonds. The van der Waals surface area contributed by atoms with Gasteiger partial charge in [0.05, 0.1) is 24.3 Å². The summed E-state index contributed by atoms with van der Waals surface area (Å²) < 4.78 is 25.1. The van der Waals surface area contributed by atoms with Gasteiger partial charge in [0.15, 0.2) is 0 Å². The second kappa shape index (κ2) is 12.8. The molecular formula is C28H37FN4O5. The molecule has 3 rings (SSSR count). The Kier molecular flexibility index (Phi) is 9.82. The van der Waals surface area contributed by atoms with E-state index in [9.17, 15) is 18.8 Å². The summed E-state index contributed by atoms with van der Waals surface area (Å²) in [6.45, 7) is 5.07. The van der Waals surface area contributed by atoms with Gasteiger partial charge < -0.3 is 29.5 Å². The Morgan fingerprint density at radius 3 is 2.45 bits per heavy atom. The van der Waals surface area contributed by atoms with Gasteiger partial charge in [-0.05, 0) is 57.4 Å². The summed E-state index contributed by atoms with van der Waals surface area (Å²) in [6, 6.07) is 9.72. The van der Waals surface area contributed by atoms with Crippen LogP contribution >= 0.6 is 0 Å². The Labute approximate surface area is 223 Å². The Balaban J connectivity index is 1.93. The van der Waals surface area contributed by atoms with E-state index < -0.39 is 11.7 Å². The number of anilines is 1. The number of ether oxygens (including phenoxy) is 2. The van der Waals surface area contributed by atoms with Crippen molar-refractivity contribution in [2.75, 3.05) is 59.8 Å². The summed E-state index contributed by atoms with van der Waals surface area (Å²) in [4.78, 5) is 44.3. The van der Waals surface area contributed by atoms with Gasteiger partial charge in [0.25, 0.3) is 11.8 Å². The van der Waals surface area contributed by atoms with E-state index in [0.717, 1.165) is 0 Å². The van der Waals surface area contributed by atoms with Crippen LogP contribution in [-0.2, 0) is 9.53 Å². The number of methoxy groups -OCH3 is 1. The number of likely N-dealkylation sites (N-methyl/N-ethyl adjacent to an activating group) is 2. The first-order valence-corrected chi connectivity index (χ1v) is 12.6. The van der Waals surface area contributed by atoms with Crippen molar-refractivity contribution in [3.8, 4) is 5.75 Å². The molecule has 0 bridgehead atoms. The third kappa shape index (κ3) is 7.29. The summed E-state index contributed by atoms with van der Waals surface area (Å²) in [7, 11) is 6.98. The zero-order valence-corrected chi connectivity index (χ0v) is 22.9. The smallest absolute Gasteiger partial charge is 0.257 e. The topological polar surface area (TPSA) is 91.4 Å². The Morgan fingerprint density at radius 2 is 1.82 bits per heavy atom. The normalized spacial score (nSPS) is 20.7. The van der Waals surface area contributed by atoms with E-state index in [2.05, 4.69) is 5.32 Å². The van der Waals surface area contributed by atoms with Crippen LogP contribution in [0.5, 0.6) is 5.75 Å². The Morgan fingerprint density at radius 1 is 1.13 bits per heavy atom. The SMILES string of the molecule is CO[C@H]1CN(C)C(=O)c2ccc(NC(=O)c3ccc(F)cc3)cc2OC[C@H](C)N(C(=O)CN(C)C)C[C@@H]1C. The van der Waals surface area contributed by atoms with E-state index >= 15 is 0 Å². The highest BCUT2D eigenvalue weighted by atomic mass is 19.1. The van der Waals surface area contributed by atoms with Crippen molar-refractivity contribution in [2.24, 2.45) is 5.92 Å². The third-order valence-electron chi connectivity index (χ3n) is 6.58. The highest BCUT2D eigenvalue weighted by molar-refractivity contribution is 6.05. The monoisotopic (exact) mass is 528 g/mol. The van der Waals surface area contributed by atoms with Crippen LogP contribution in [0.3, 0.4) is 0 Å². The summed E-state index contributed by atoms with van der Waals surface area (Å²) in [5, 5.41) is 2.77. The van der Waals surface area contributed by atoms with Crippen LogP contribution in [-0.4, -0.2) is 99.1 Å². The molecule has 0 aromatic heterocycles. The molecule has 2 aromatic carbocycles. The summed E-state index contributed by atoms with van der Waals surface area (Å²) in [6.07, 6.45) is -0.288. The number of benzene rings is 2. The first-order chi connectivity index (χ1) is 18.0. The van der Waals surface area contributed by atoms with Gasteiger partial charge in [-0.2, -0.15) is 0 Å². The zero-order chi connectivity index (χ0) is 28.0. The molecule has 1 heterocycles. The van der Waals surface area contributed by atoms with E-state index in [0.29, 0.717) is 29.9 Å². The minimum absolute atomic E-state index is 0.0326. The lowest BCUT2D eigenvalue weighted by Gasteiger charge is -2.36. The van der Waals surface area contributed by atoms with Gasteiger partial charge in [-0.15, -0.1) is 0 Å². The molecule has 0 saturated heterocycles. The molecule has 0 radical (unpaired) electrons. The zero-order valence-electron chi connectivity index (χ0n) is 22.9. The molecule has 0 saturated carbocycles. The van der Waals surface area contributed by atoms with Crippen LogP contribution < -0.4 is 10.1 Å². The van der Waals surface area contributed by atoms with E-state index in [1.54, 1.807) is 42.2 Å². The van der Waals surface area contributed by atoms with Crippen LogP contribution in [0, 0.1) is 11.7 Å². The molecule has 3 atom stereocenters. The van der Waals surface area contributed by atoms with Crippen molar-refractivity contribution in [1.82, 2.24) is 14.7 Å². The maximum atomic E-state index is 13.4. The van der Waals surface area contributed by atoms with E-state index in [-0.39, 0.29) is 48.8 Å². The van der Waals surface area contributed by atoms with Gasteiger partial charge in [-0.1, -0.05) is 6.92 Å². The molecule has 9 nitrogen and oxygen atoms in total. The number of nitrogens with one attached hydrogen (secondary N) is 1. The van der Waals surface area contributed by atoms with Crippen molar-refractivity contribution >= 4 is 23.4 Å². The van der Waals surface area contributed by atoms with Gasteiger partial charge in [0, 0.05) is 50.5 Å². The number of carbonyl (C=O) groups is 3.